The van der Waals surface area contributed by atoms with E-state index < -0.39 is 0 Å². The van der Waals surface area contributed by atoms with Gasteiger partial charge in [0, 0.05) is 50.1 Å². The second-order valence-corrected chi connectivity index (χ2v) is 9.72. The number of phenols is 1. The molecule has 2 atom stereocenters. The largest absolute Gasteiger partial charge is 0.508 e. The summed E-state index contributed by atoms with van der Waals surface area (Å²) in [6.07, 6.45) is 0. The number of nitrogens with zero attached hydrogens (tertiary/aromatic N) is 2. The molecule has 5 heteroatoms. The summed E-state index contributed by atoms with van der Waals surface area (Å²) < 4.78 is 5.69. The van der Waals surface area contributed by atoms with Crippen LogP contribution in [-0.4, -0.2) is 54.1 Å². The molecule has 1 amide bonds. The molecule has 174 valence electrons. The Morgan fingerprint density at radius 2 is 1.78 bits per heavy atom. The van der Waals surface area contributed by atoms with Gasteiger partial charge < -0.3 is 14.7 Å². The van der Waals surface area contributed by atoms with Gasteiger partial charge in [-0.3, -0.25) is 9.69 Å². The van der Waals surface area contributed by atoms with Crippen molar-refractivity contribution in [1.29, 1.82) is 0 Å². The average molecular weight is 439 g/mol. The minimum absolute atomic E-state index is 0.0165. The maximum absolute atomic E-state index is 13.0. The Morgan fingerprint density at radius 1 is 1.09 bits per heavy atom. The number of carbonyl (C=O) groups is 1. The predicted octanol–water partition coefficient (Wildman–Crippen LogP) is 4.76. The number of rotatable bonds is 9. The SMILES string of the molecule is COc1ccccc1C1CN(Cc2ccccc2O)CC1CN(CC(C)C)C(=O)C(C)C. The van der Waals surface area contributed by atoms with Crippen molar-refractivity contribution < 1.29 is 14.6 Å². The van der Waals surface area contributed by atoms with Crippen LogP contribution in [0.4, 0.5) is 0 Å². The zero-order chi connectivity index (χ0) is 23.3. The van der Waals surface area contributed by atoms with Crippen LogP contribution in [0, 0.1) is 17.8 Å². The van der Waals surface area contributed by atoms with E-state index in [1.165, 1.54) is 5.56 Å². The monoisotopic (exact) mass is 438 g/mol. The molecule has 5 nitrogen and oxygen atoms in total. The molecule has 1 heterocycles. The molecule has 1 N–H and O–H groups in total. The number of amides is 1. The molecule has 1 saturated heterocycles. The average Bonchev–Trinajstić information content (AvgIpc) is 3.15. The van der Waals surface area contributed by atoms with Crippen molar-refractivity contribution in [2.75, 3.05) is 33.3 Å². The van der Waals surface area contributed by atoms with Crippen LogP contribution in [0.15, 0.2) is 48.5 Å². The van der Waals surface area contributed by atoms with Gasteiger partial charge in [-0.25, -0.2) is 0 Å². The number of para-hydroxylation sites is 2. The molecule has 3 rings (SSSR count). The van der Waals surface area contributed by atoms with Crippen molar-refractivity contribution in [3.8, 4) is 11.5 Å². The number of hydrogen-bond acceptors (Lipinski definition) is 4. The minimum Gasteiger partial charge on any atom is -0.508 e. The summed E-state index contributed by atoms with van der Waals surface area (Å²) in [6.45, 7) is 12.2. The standard InChI is InChI=1S/C27H38N2O3/c1-19(2)14-29(27(31)20(3)4)17-22-16-28(15-21-10-6-8-12-25(21)30)18-24(22)23-11-7-9-13-26(23)32-5/h6-13,19-20,22,24,30H,14-18H2,1-5H3. The van der Waals surface area contributed by atoms with E-state index in [9.17, 15) is 9.90 Å². The van der Waals surface area contributed by atoms with Crippen LogP contribution in [-0.2, 0) is 11.3 Å². The third kappa shape index (κ3) is 5.83. The maximum Gasteiger partial charge on any atom is 0.225 e. The summed E-state index contributed by atoms with van der Waals surface area (Å²) in [4.78, 5) is 17.5. The van der Waals surface area contributed by atoms with Gasteiger partial charge in [0.15, 0.2) is 0 Å². The fourth-order valence-electron chi connectivity index (χ4n) is 4.83. The number of phenolic OH excluding ortho intramolecular Hbond substituents is 1. The van der Waals surface area contributed by atoms with E-state index in [-0.39, 0.29) is 17.7 Å². The molecule has 0 radical (unpaired) electrons. The fourth-order valence-corrected chi connectivity index (χ4v) is 4.83. The van der Waals surface area contributed by atoms with Crippen LogP contribution in [0.25, 0.3) is 0 Å². The second kappa shape index (κ2) is 10.9. The maximum atomic E-state index is 13.0. The van der Waals surface area contributed by atoms with Crippen LogP contribution in [0.2, 0.25) is 0 Å². The van der Waals surface area contributed by atoms with Gasteiger partial charge in [0.2, 0.25) is 5.91 Å². The first-order chi connectivity index (χ1) is 15.3. The minimum atomic E-state index is -0.0165. The van der Waals surface area contributed by atoms with Crippen LogP contribution in [0.3, 0.4) is 0 Å². The zero-order valence-electron chi connectivity index (χ0n) is 20.1. The van der Waals surface area contributed by atoms with Crippen LogP contribution >= 0.6 is 0 Å². The molecule has 0 saturated carbocycles. The Kier molecular flexibility index (Phi) is 8.19. The van der Waals surface area contributed by atoms with Gasteiger partial charge >= 0.3 is 0 Å². The molecule has 2 unspecified atom stereocenters. The summed E-state index contributed by atoms with van der Waals surface area (Å²) in [7, 11) is 1.72. The van der Waals surface area contributed by atoms with E-state index in [4.69, 9.17) is 4.74 Å². The summed E-state index contributed by atoms with van der Waals surface area (Å²) in [6, 6.07) is 15.8. The van der Waals surface area contributed by atoms with Gasteiger partial charge in [-0.1, -0.05) is 64.1 Å². The highest BCUT2D eigenvalue weighted by molar-refractivity contribution is 5.78. The van der Waals surface area contributed by atoms with Crippen molar-refractivity contribution in [3.05, 3.63) is 59.7 Å². The van der Waals surface area contributed by atoms with E-state index in [1.54, 1.807) is 13.2 Å². The first kappa shape index (κ1) is 24.1. The molecular formula is C27H38N2O3. The molecule has 0 aliphatic carbocycles. The molecule has 2 aromatic rings. The van der Waals surface area contributed by atoms with Crippen molar-refractivity contribution in [1.82, 2.24) is 9.80 Å². The van der Waals surface area contributed by atoms with Crippen LogP contribution in [0.1, 0.15) is 44.7 Å². The zero-order valence-corrected chi connectivity index (χ0v) is 20.1. The van der Waals surface area contributed by atoms with E-state index >= 15 is 0 Å². The molecule has 0 aromatic heterocycles. The number of benzene rings is 2. The summed E-state index contributed by atoms with van der Waals surface area (Å²) in [5.41, 5.74) is 2.13. The number of methoxy groups -OCH3 is 1. The van der Waals surface area contributed by atoms with Crippen molar-refractivity contribution in [2.24, 2.45) is 17.8 Å². The molecule has 0 spiro atoms. The van der Waals surface area contributed by atoms with Gasteiger partial charge in [-0.05, 0) is 29.5 Å². The van der Waals surface area contributed by atoms with Crippen LogP contribution in [0.5, 0.6) is 11.5 Å². The molecule has 0 bridgehead atoms. The third-order valence-corrected chi connectivity index (χ3v) is 6.29. The number of likely N-dealkylation sites (tertiary alicyclic amines) is 1. The molecule has 1 aliphatic heterocycles. The van der Waals surface area contributed by atoms with Gasteiger partial charge in [0.05, 0.1) is 7.11 Å². The van der Waals surface area contributed by atoms with E-state index in [0.29, 0.717) is 24.1 Å². The second-order valence-electron chi connectivity index (χ2n) is 9.72. The highest BCUT2D eigenvalue weighted by Gasteiger charge is 2.37. The number of ether oxygens (including phenoxy) is 1. The molecular weight excluding hydrogens is 400 g/mol. The molecule has 32 heavy (non-hydrogen) atoms. The van der Waals surface area contributed by atoms with Gasteiger partial charge in [-0.15, -0.1) is 0 Å². The summed E-state index contributed by atoms with van der Waals surface area (Å²) in [5, 5.41) is 10.3. The smallest absolute Gasteiger partial charge is 0.225 e. The predicted molar refractivity (Wildman–Crippen MR) is 129 cm³/mol. The summed E-state index contributed by atoms with van der Waals surface area (Å²) >= 11 is 0. The molecule has 1 aliphatic rings. The highest BCUT2D eigenvalue weighted by Crippen LogP contribution is 2.39. The van der Waals surface area contributed by atoms with Crippen LogP contribution < -0.4 is 4.74 Å². The quantitative estimate of drug-likeness (QED) is 0.613. The Bertz CT molecular complexity index is 896. The lowest BCUT2D eigenvalue weighted by Gasteiger charge is -2.31. The third-order valence-electron chi connectivity index (χ3n) is 6.29. The van der Waals surface area contributed by atoms with E-state index in [1.807, 2.05) is 44.2 Å². The molecule has 2 aromatic carbocycles. The molecule has 1 fully saturated rings. The van der Waals surface area contributed by atoms with Crippen molar-refractivity contribution in [3.63, 3.8) is 0 Å². The number of hydrogen-bond donors (Lipinski definition) is 1. The Morgan fingerprint density at radius 3 is 2.44 bits per heavy atom. The van der Waals surface area contributed by atoms with Gasteiger partial charge in [0.1, 0.15) is 11.5 Å². The fraction of sp³-hybridized carbons (Fsp3) is 0.519. The van der Waals surface area contributed by atoms with Crippen molar-refractivity contribution in [2.45, 2.75) is 40.2 Å². The van der Waals surface area contributed by atoms with Gasteiger partial charge in [0.25, 0.3) is 0 Å². The lowest BCUT2D eigenvalue weighted by molar-refractivity contribution is -0.135. The first-order valence-corrected chi connectivity index (χ1v) is 11.7. The lowest BCUT2D eigenvalue weighted by atomic mass is 9.87. The van der Waals surface area contributed by atoms with E-state index in [0.717, 1.165) is 37.5 Å². The Balaban J connectivity index is 1.88. The Labute approximate surface area is 193 Å². The number of aromatic hydroxyl groups is 1. The lowest BCUT2D eigenvalue weighted by Crippen LogP contribution is -2.41. The van der Waals surface area contributed by atoms with E-state index in [2.05, 4.69) is 35.8 Å². The van der Waals surface area contributed by atoms with Gasteiger partial charge in [-0.2, -0.15) is 0 Å². The number of carbonyl (C=O) groups excluding carboxylic acids is 1. The normalized spacial score (nSPS) is 19.0. The summed E-state index contributed by atoms with van der Waals surface area (Å²) in [5.74, 6) is 2.40. The first-order valence-electron chi connectivity index (χ1n) is 11.7. The van der Waals surface area contributed by atoms with Crippen molar-refractivity contribution >= 4 is 5.91 Å². The Hall–Kier alpha value is -2.53. The topological polar surface area (TPSA) is 53.0 Å². The highest BCUT2D eigenvalue weighted by atomic mass is 16.5.